The van der Waals surface area contributed by atoms with Crippen molar-refractivity contribution in [1.29, 1.82) is 0 Å². The minimum absolute atomic E-state index is 0.0324. The lowest BCUT2D eigenvalue weighted by molar-refractivity contribution is -0.0603. The number of phenols is 2. The topological polar surface area (TPSA) is 107 Å². The van der Waals surface area contributed by atoms with Crippen LogP contribution < -0.4 is 18.9 Å². The molecule has 11 nitrogen and oxygen atoms in total. The van der Waals surface area contributed by atoms with Crippen molar-refractivity contribution in [2.45, 2.75) is 110 Å². The number of morpholine rings is 1. The zero-order valence-electron chi connectivity index (χ0n) is 33.8. The molecule has 0 bridgehead atoms. The van der Waals surface area contributed by atoms with E-state index in [4.69, 9.17) is 34.7 Å². The summed E-state index contributed by atoms with van der Waals surface area (Å²) in [6.07, 6.45) is 1.30. The molecule has 0 aromatic heterocycles. The number of likely N-dealkylation sites (N-methyl/N-ethyl adjacent to an activating group) is 1. The Bertz CT molecular complexity index is 1590. The van der Waals surface area contributed by atoms with Gasteiger partial charge in [-0.25, -0.2) is 11.5 Å². The van der Waals surface area contributed by atoms with Gasteiger partial charge < -0.3 is 38.3 Å². The first-order chi connectivity index (χ1) is 24.6. The molecule has 2 heterocycles. The number of ether oxygens (including phenoxy) is 5. The van der Waals surface area contributed by atoms with Crippen LogP contribution in [0.1, 0.15) is 74.9 Å². The molecule has 0 amide bonds. The fraction of sp³-hybridized carbons (Fsp3) is 0.675. The molecule has 0 radical (unpaired) electrons. The molecular weight excluding hydrogens is 679 g/mol. The molecule has 12 heteroatoms. The molecule has 0 spiro atoms. The normalized spacial score (nSPS) is 21.1. The highest BCUT2D eigenvalue weighted by molar-refractivity contribution is 6.75. The highest BCUT2D eigenvalue weighted by Gasteiger charge is 2.48. The van der Waals surface area contributed by atoms with Gasteiger partial charge in [0.1, 0.15) is 17.5 Å². The molecule has 2 aliphatic heterocycles. The van der Waals surface area contributed by atoms with E-state index in [1.807, 2.05) is 20.9 Å². The SMILES string of the molecule is [C-]#[N+][C@H](C1Cc2c(OC)c(C)c(OC)c(O)c2C(C(C)Cc2cc(O)c(OC)c(C)c2OC)N1C)N1CCO[C@@H](CCO[Si](C)(C(C)C)C(C)C)C1. The van der Waals surface area contributed by atoms with E-state index in [0.717, 1.165) is 28.7 Å². The number of rotatable bonds is 15. The molecule has 2 aromatic carbocycles. The van der Waals surface area contributed by atoms with Crippen molar-refractivity contribution in [2.24, 2.45) is 5.92 Å². The van der Waals surface area contributed by atoms with Crippen molar-refractivity contribution in [2.75, 3.05) is 61.8 Å². The first-order valence-corrected chi connectivity index (χ1v) is 21.1. The Morgan fingerprint density at radius 2 is 1.54 bits per heavy atom. The van der Waals surface area contributed by atoms with Gasteiger partial charge in [0.15, 0.2) is 31.3 Å². The van der Waals surface area contributed by atoms with Crippen molar-refractivity contribution in [3.05, 3.63) is 45.3 Å². The number of nitrogens with zero attached hydrogens (tertiary/aromatic N) is 3. The van der Waals surface area contributed by atoms with E-state index in [-0.39, 0.29) is 35.6 Å². The molecule has 1 saturated heterocycles. The summed E-state index contributed by atoms with van der Waals surface area (Å²) in [7, 11) is 6.51. The first-order valence-electron chi connectivity index (χ1n) is 18.6. The quantitative estimate of drug-likeness (QED) is 0.143. The monoisotopic (exact) mass is 741 g/mol. The van der Waals surface area contributed by atoms with Crippen LogP contribution >= 0.6 is 0 Å². The molecule has 0 aliphatic carbocycles. The number of phenolic OH excluding ortho intramolecular Hbond substituents is 2. The Hall–Kier alpha value is -3.21. The predicted molar refractivity (Wildman–Crippen MR) is 207 cm³/mol. The summed E-state index contributed by atoms with van der Waals surface area (Å²) in [5.74, 6) is 2.08. The summed E-state index contributed by atoms with van der Waals surface area (Å²) in [5, 5.41) is 22.8. The number of aromatic hydroxyl groups is 2. The second-order valence-electron chi connectivity index (χ2n) is 15.4. The molecule has 2 aliphatic rings. The van der Waals surface area contributed by atoms with E-state index in [1.165, 1.54) is 7.11 Å². The molecular formula is C40H63N3O8Si. The summed E-state index contributed by atoms with van der Waals surface area (Å²) in [6.45, 7) is 28.3. The third kappa shape index (κ3) is 7.85. The van der Waals surface area contributed by atoms with Gasteiger partial charge in [0.05, 0.1) is 41.2 Å². The van der Waals surface area contributed by atoms with Gasteiger partial charge in [0, 0.05) is 54.4 Å². The number of hydrogen-bond donors (Lipinski definition) is 2. The van der Waals surface area contributed by atoms with Gasteiger partial charge in [-0.15, -0.1) is 0 Å². The highest BCUT2D eigenvalue weighted by atomic mass is 28.4. The Kier molecular flexibility index (Phi) is 13.8. The number of methoxy groups -OCH3 is 4. The van der Waals surface area contributed by atoms with Crippen LogP contribution in [0.4, 0.5) is 0 Å². The molecule has 5 atom stereocenters. The zero-order chi connectivity index (χ0) is 38.7. The molecule has 0 saturated carbocycles. The van der Waals surface area contributed by atoms with E-state index in [9.17, 15) is 10.2 Å². The summed E-state index contributed by atoms with van der Waals surface area (Å²) >= 11 is 0. The molecule has 52 heavy (non-hydrogen) atoms. The van der Waals surface area contributed by atoms with Gasteiger partial charge in [0.2, 0.25) is 0 Å². The maximum absolute atomic E-state index is 11.9. The van der Waals surface area contributed by atoms with E-state index < -0.39 is 14.5 Å². The maximum atomic E-state index is 11.9. The average molecular weight is 742 g/mol. The van der Waals surface area contributed by atoms with Crippen molar-refractivity contribution >= 4 is 8.32 Å². The van der Waals surface area contributed by atoms with Crippen LogP contribution in [0, 0.1) is 26.3 Å². The fourth-order valence-corrected chi connectivity index (χ4v) is 11.2. The third-order valence-corrected chi connectivity index (χ3v) is 17.4. The standard InChI is InChI=1S/C40H63N3O8Si/c1-23(2)52(14,24(3)4)51-17-15-29-22-43(16-18-50-29)40(41-8)31-21-30-33(35(45)39(49-13)27(7)37(30)47-11)34(42(31)9)25(5)19-28-20-32(44)38(48-12)26(6)36(28)46-10/h20,23-25,29,31,34,40,44-45H,15-19,21-22H2,1-7,9-14H3/t25?,29-,31?,34?,40-/m0/s1. The average Bonchev–Trinajstić information content (AvgIpc) is 3.09. The number of fused-ring (bicyclic) bond motifs is 1. The third-order valence-electron chi connectivity index (χ3n) is 12.0. The first kappa shape index (κ1) is 41.5. The predicted octanol–water partition coefficient (Wildman–Crippen LogP) is 7.27. The highest BCUT2D eigenvalue weighted by Crippen LogP contribution is 2.53. The lowest BCUT2D eigenvalue weighted by atomic mass is 9.77. The molecule has 4 rings (SSSR count). The second kappa shape index (κ2) is 17.3. The maximum Gasteiger partial charge on any atom is 0.295 e. The second-order valence-corrected chi connectivity index (χ2v) is 20.4. The Morgan fingerprint density at radius 3 is 2.10 bits per heavy atom. The van der Waals surface area contributed by atoms with Gasteiger partial charge in [-0.3, -0.25) is 9.74 Å². The molecule has 290 valence electrons. The van der Waals surface area contributed by atoms with E-state index in [0.29, 0.717) is 78.8 Å². The zero-order valence-corrected chi connectivity index (χ0v) is 34.8. The van der Waals surface area contributed by atoms with Gasteiger partial charge in [-0.05, 0) is 68.9 Å². The van der Waals surface area contributed by atoms with Crippen molar-refractivity contribution < 1.29 is 38.3 Å². The summed E-state index contributed by atoms with van der Waals surface area (Å²) in [4.78, 5) is 8.82. The number of hydrogen-bond acceptors (Lipinski definition) is 10. The Labute approximate surface area is 313 Å². The van der Waals surface area contributed by atoms with Crippen LogP contribution in [-0.4, -0.2) is 108 Å². The lowest BCUT2D eigenvalue weighted by Crippen LogP contribution is -2.57. The summed E-state index contributed by atoms with van der Waals surface area (Å²) in [6, 6.07) is 1.14. The van der Waals surface area contributed by atoms with Crippen LogP contribution in [0.3, 0.4) is 0 Å². The van der Waals surface area contributed by atoms with E-state index in [2.05, 4.69) is 55.8 Å². The molecule has 1 fully saturated rings. The molecule has 2 aromatic rings. The van der Waals surface area contributed by atoms with Crippen molar-refractivity contribution in [3.8, 4) is 34.5 Å². The van der Waals surface area contributed by atoms with Crippen LogP contribution in [0.2, 0.25) is 17.6 Å². The molecule has 3 unspecified atom stereocenters. The van der Waals surface area contributed by atoms with Crippen LogP contribution in [0.25, 0.3) is 4.85 Å². The van der Waals surface area contributed by atoms with E-state index in [1.54, 1.807) is 27.4 Å². The van der Waals surface area contributed by atoms with Gasteiger partial charge in [-0.2, -0.15) is 0 Å². The van der Waals surface area contributed by atoms with Gasteiger partial charge >= 0.3 is 0 Å². The largest absolute Gasteiger partial charge is 0.504 e. The van der Waals surface area contributed by atoms with Crippen molar-refractivity contribution in [1.82, 2.24) is 9.80 Å². The van der Waals surface area contributed by atoms with Gasteiger partial charge in [0.25, 0.3) is 6.17 Å². The molecule has 2 N–H and O–H groups in total. The Balaban J connectivity index is 1.72. The summed E-state index contributed by atoms with van der Waals surface area (Å²) < 4.78 is 36.0. The minimum atomic E-state index is -1.89. The van der Waals surface area contributed by atoms with E-state index >= 15 is 0 Å². The van der Waals surface area contributed by atoms with Crippen LogP contribution in [0.15, 0.2) is 6.07 Å². The summed E-state index contributed by atoms with van der Waals surface area (Å²) in [5.41, 5.74) is 4.91. The number of benzene rings is 2. The lowest BCUT2D eigenvalue weighted by Gasteiger charge is -2.46. The van der Waals surface area contributed by atoms with Crippen molar-refractivity contribution in [3.63, 3.8) is 0 Å². The smallest absolute Gasteiger partial charge is 0.295 e. The fourth-order valence-electron chi connectivity index (χ4n) is 8.67. The minimum Gasteiger partial charge on any atom is -0.504 e. The van der Waals surface area contributed by atoms with Crippen LogP contribution in [0.5, 0.6) is 34.5 Å². The van der Waals surface area contributed by atoms with Gasteiger partial charge in [-0.1, -0.05) is 34.6 Å². The van der Waals surface area contributed by atoms with Crippen LogP contribution in [-0.2, 0) is 22.0 Å². The Morgan fingerprint density at radius 1 is 0.942 bits per heavy atom.